The van der Waals surface area contributed by atoms with Gasteiger partial charge in [0.1, 0.15) is 28.8 Å². The van der Waals surface area contributed by atoms with Gasteiger partial charge in [-0.2, -0.15) is 10.2 Å². The van der Waals surface area contributed by atoms with Crippen molar-refractivity contribution in [2.24, 2.45) is 0 Å². The Balaban J connectivity index is 1.65. The molecule has 11 nitrogen and oxygen atoms in total. The minimum Gasteiger partial charge on any atom is -0.495 e. The van der Waals surface area contributed by atoms with E-state index in [1.54, 1.807) is 34.8 Å². The van der Waals surface area contributed by atoms with Gasteiger partial charge in [0, 0.05) is 63.0 Å². The highest BCUT2D eigenvalue weighted by Gasteiger charge is 2.25. The Morgan fingerprint density at radius 2 is 1.77 bits per heavy atom. The monoisotopic (exact) mass is 585 g/mol. The first-order valence-electron chi connectivity index (χ1n) is 12.5. The molecule has 1 amide bonds. The van der Waals surface area contributed by atoms with Crippen LogP contribution in [0.3, 0.4) is 0 Å². The molecule has 210 valence electrons. The number of nitriles is 1. The topological polar surface area (TPSA) is 126 Å². The number of piperazine rings is 1. The highest BCUT2D eigenvalue weighted by molar-refractivity contribution is 6.41. The van der Waals surface area contributed by atoms with Crippen molar-refractivity contribution in [1.82, 2.24) is 24.3 Å². The smallest absolute Gasteiger partial charge is 0.263 e. The van der Waals surface area contributed by atoms with Crippen molar-refractivity contribution in [2.75, 3.05) is 59.3 Å². The number of ether oxygens (including phenoxy) is 2. The van der Waals surface area contributed by atoms with E-state index in [1.165, 1.54) is 14.2 Å². The molecule has 13 heteroatoms. The van der Waals surface area contributed by atoms with Gasteiger partial charge >= 0.3 is 0 Å². The van der Waals surface area contributed by atoms with Crippen molar-refractivity contribution in [3.05, 3.63) is 50.9 Å². The highest BCUT2D eigenvalue weighted by Crippen LogP contribution is 2.45. The molecule has 0 radical (unpaired) electrons. The van der Waals surface area contributed by atoms with Gasteiger partial charge in [-0.05, 0) is 19.0 Å². The second kappa shape index (κ2) is 12.6. The number of anilines is 1. The standard InChI is InChI=1S/C27H29Cl2N7O4/c1-16(14-30)25(37)35-10-8-34(9-11-35)6-5-7-36-24-17(15-32-27(31-2)33-24)12-18(26(36)38)21-22(28)19(39-3)13-20(40-4)23(21)29/h12-13,15H,1,5-11H2,2-4H3,(H,31,32,33). The molecular weight excluding hydrogens is 557 g/mol. The molecule has 2 aromatic heterocycles. The maximum atomic E-state index is 14.0. The third-order valence-corrected chi connectivity index (χ3v) is 7.55. The molecule has 1 aliphatic heterocycles. The summed E-state index contributed by atoms with van der Waals surface area (Å²) in [6.45, 7) is 6.89. The number of carbonyl (C=O) groups excluding carboxylic acids is 1. The molecule has 0 saturated carbocycles. The molecule has 3 heterocycles. The van der Waals surface area contributed by atoms with Crippen LogP contribution in [0.4, 0.5) is 5.95 Å². The lowest BCUT2D eigenvalue weighted by Gasteiger charge is -2.34. The van der Waals surface area contributed by atoms with Gasteiger partial charge in [-0.15, -0.1) is 0 Å². The number of nitrogens with zero attached hydrogens (tertiary/aromatic N) is 6. The highest BCUT2D eigenvalue weighted by atomic mass is 35.5. The molecule has 0 spiro atoms. The number of halogens is 2. The van der Waals surface area contributed by atoms with Gasteiger partial charge in [-0.1, -0.05) is 29.8 Å². The fourth-order valence-corrected chi connectivity index (χ4v) is 5.36. The fourth-order valence-electron chi connectivity index (χ4n) is 4.65. The van der Waals surface area contributed by atoms with Crippen LogP contribution in [0, 0.1) is 11.3 Å². The number of carbonyl (C=O) groups is 1. The van der Waals surface area contributed by atoms with Gasteiger partial charge in [0.25, 0.3) is 11.5 Å². The van der Waals surface area contributed by atoms with Gasteiger partial charge in [-0.3, -0.25) is 19.1 Å². The Morgan fingerprint density at radius 1 is 1.12 bits per heavy atom. The van der Waals surface area contributed by atoms with Crippen LogP contribution >= 0.6 is 23.2 Å². The molecule has 4 rings (SSSR count). The van der Waals surface area contributed by atoms with E-state index in [0.717, 1.165) is 0 Å². The lowest BCUT2D eigenvalue weighted by molar-refractivity contribution is -0.128. The fraction of sp³-hybridized carbons (Fsp3) is 0.370. The molecule has 1 aliphatic rings. The molecular formula is C27H29Cl2N7O4. The van der Waals surface area contributed by atoms with E-state index in [2.05, 4.69) is 26.8 Å². The predicted octanol–water partition coefficient (Wildman–Crippen LogP) is 3.44. The molecule has 0 bridgehead atoms. The number of hydrogen-bond donors (Lipinski definition) is 1. The Hall–Kier alpha value is -3.85. The van der Waals surface area contributed by atoms with Crippen LogP contribution in [0.15, 0.2) is 35.3 Å². The van der Waals surface area contributed by atoms with E-state index in [1.807, 2.05) is 6.07 Å². The van der Waals surface area contributed by atoms with Crippen molar-refractivity contribution in [3.8, 4) is 28.7 Å². The number of fused-ring (bicyclic) bond motifs is 1. The minimum atomic E-state index is -0.330. The van der Waals surface area contributed by atoms with Crippen LogP contribution in [-0.2, 0) is 11.3 Å². The summed E-state index contributed by atoms with van der Waals surface area (Å²) in [6, 6.07) is 5.05. The molecule has 0 aliphatic carbocycles. The molecule has 0 unspecified atom stereocenters. The number of benzene rings is 1. The first kappa shape index (κ1) is 29.1. The average Bonchev–Trinajstić information content (AvgIpc) is 2.98. The number of aromatic nitrogens is 3. The normalized spacial score (nSPS) is 13.7. The first-order valence-corrected chi connectivity index (χ1v) is 13.3. The number of aryl methyl sites for hydroxylation is 1. The van der Waals surface area contributed by atoms with Crippen LogP contribution in [-0.4, -0.2) is 84.2 Å². The van der Waals surface area contributed by atoms with Gasteiger partial charge in [0.05, 0.1) is 29.8 Å². The second-order valence-electron chi connectivity index (χ2n) is 9.10. The predicted molar refractivity (Wildman–Crippen MR) is 154 cm³/mol. The number of hydrogen-bond acceptors (Lipinski definition) is 9. The zero-order valence-electron chi connectivity index (χ0n) is 22.5. The van der Waals surface area contributed by atoms with Gasteiger partial charge in [0.15, 0.2) is 0 Å². The Bertz CT molecular complexity index is 1530. The van der Waals surface area contributed by atoms with E-state index >= 15 is 0 Å². The minimum absolute atomic E-state index is 0.0589. The van der Waals surface area contributed by atoms with E-state index in [9.17, 15) is 9.59 Å². The quantitative estimate of drug-likeness (QED) is 0.297. The summed E-state index contributed by atoms with van der Waals surface area (Å²) >= 11 is 13.3. The molecule has 1 aromatic carbocycles. The molecule has 1 N–H and O–H groups in total. The third-order valence-electron chi connectivity index (χ3n) is 6.80. The molecule has 3 aromatic rings. The van der Waals surface area contributed by atoms with E-state index in [0.29, 0.717) is 79.7 Å². The second-order valence-corrected chi connectivity index (χ2v) is 9.86. The van der Waals surface area contributed by atoms with Gasteiger partial charge in [-0.25, -0.2) is 4.98 Å². The maximum absolute atomic E-state index is 14.0. The van der Waals surface area contributed by atoms with Gasteiger partial charge in [0.2, 0.25) is 5.95 Å². The third kappa shape index (κ3) is 5.70. The van der Waals surface area contributed by atoms with Crippen molar-refractivity contribution in [3.63, 3.8) is 0 Å². The van der Waals surface area contributed by atoms with Crippen LogP contribution in [0.2, 0.25) is 10.0 Å². The number of methoxy groups -OCH3 is 2. The number of pyridine rings is 1. The lowest BCUT2D eigenvalue weighted by atomic mass is 10.0. The van der Waals surface area contributed by atoms with Crippen LogP contribution < -0.4 is 20.3 Å². The Kier molecular flexibility index (Phi) is 9.14. The zero-order chi connectivity index (χ0) is 29.0. The van der Waals surface area contributed by atoms with E-state index in [-0.39, 0.29) is 32.6 Å². The molecule has 1 fully saturated rings. The summed E-state index contributed by atoms with van der Waals surface area (Å²) in [5, 5.41) is 12.9. The SMILES string of the molecule is C=C(C#N)C(=O)N1CCN(CCCn2c(=O)c(-c3c(Cl)c(OC)cc(OC)c3Cl)cc3cnc(NC)nc32)CC1. The first-order chi connectivity index (χ1) is 19.2. The van der Waals surface area contributed by atoms with Gasteiger partial charge < -0.3 is 19.7 Å². The molecule has 40 heavy (non-hydrogen) atoms. The summed E-state index contributed by atoms with van der Waals surface area (Å²) in [7, 11) is 4.65. The Labute approximate surface area is 241 Å². The number of amides is 1. The summed E-state index contributed by atoms with van der Waals surface area (Å²) in [4.78, 5) is 38.9. The summed E-state index contributed by atoms with van der Waals surface area (Å²) in [5.74, 6) is 0.694. The van der Waals surface area contributed by atoms with Crippen LogP contribution in [0.25, 0.3) is 22.2 Å². The van der Waals surface area contributed by atoms with E-state index < -0.39 is 0 Å². The number of rotatable bonds is 9. The van der Waals surface area contributed by atoms with Crippen molar-refractivity contribution >= 4 is 46.1 Å². The molecule has 0 atom stereocenters. The van der Waals surface area contributed by atoms with Crippen molar-refractivity contribution in [1.29, 1.82) is 5.26 Å². The largest absolute Gasteiger partial charge is 0.495 e. The average molecular weight is 586 g/mol. The van der Waals surface area contributed by atoms with Crippen LogP contribution in [0.5, 0.6) is 11.5 Å². The van der Waals surface area contributed by atoms with Crippen molar-refractivity contribution < 1.29 is 14.3 Å². The zero-order valence-corrected chi connectivity index (χ0v) is 24.0. The molecule has 1 saturated heterocycles. The summed E-state index contributed by atoms with van der Waals surface area (Å²) in [6.07, 6.45) is 2.28. The summed E-state index contributed by atoms with van der Waals surface area (Å²) < 4.78 is 12.4. The van der Waals surface area contributed by atoms with E-state index in [4.69, 9.17) is 37.9 Å². The lowest BCUT2D eigenvalue weighted by Crippen LogP contribution is -2.49. The van der Waals surface area contributed by atoms with Crippen LogP contribution in [0.1, 0.15) is 6.42 Å². The Morgan fingerprint density at radius 3 is 2.35 bits per heavy atom. The summed E-state index contributed by atoms with van der Waals surface area (Å²) in [5.41, 5.74) is 0.665. The maximum Gasteiger partial charge on any atom is 0.263 e. The van der Waals surface area contributed by atoms with Crippen molar-refractivity contribution in [2.45, 2.75) is 13.0 Å². The number of nitrogens with one attached hydrogen (secondary N) is 1.